The standard InChI is InChI=1S/C31H28O4/c1-21(32)15-16-26-27(24-19-28(33-2)31(35-4)29(20-24)34-3)18-25(17-22-11-7-5-8-12-22)30(26)23-13-9-6-10-14-23/h5-20H,1-4H3/b16-15-,25-17+. The van der Waals surface area contributed by atoms with Gasteiger partial charge in [0.2, 0.25) is 5.75 Å². The molecule has 3 aromatic rings. The zero-order valence-corrected chi connectivity index (χ0v) is 20.4. The van der Waals surface area contributed by atoms with E-state index in [0.717, 1.165) is 39.0 Å². The molecule has 0 unspecified atom stereocenters. The van der Waals surface area contributed by atoms with Crippen LogP contribution in [0, 0.1) is 0 Å². The average molecular weight is 465 g/mol. The van der Waals surface area contributed by atoms with Crippen LogP contribution in [0.3, 0.4) is 0 Å². The molecule has 0 aromatic heterocycles. The summed E-state index contributed by atoms with van der Waals surface area (Å²) in [6, 6.07) is 24.3. The van der Waals surface area contributed by atoms with Crippen molar-refractivity contribution in [3.63, 3.8) is 0 Å². The van der Waals surface area contributed by atoms with E-state index in [1.54, 1.807) is 34.3 Å². The third-order valence-corrected chi connectivity index (χ3v) is 5.79. The van der Waals surface area contributed by atoms with Crippen LogP contribution in [0.25, 0.3) is 17.2 Å². The monoisotopic (exact) mass is 464 g/mol. The summed E-state index contributed by atoms with van der Waals surface area (Å²) in [4.78, 5) is 11.9. The van der Waals surface area contributed by atoms with Gasteiger partial charge in [-0.2, -0.15) is 0 Å². The third kappa shape index (κ3) is 5.12. The first kappa shape index (κ1) is 23.8. The van der Waals surface area contributed by atoms with Crippen LogP contribution in [0.5, 0.6) is 17.2 Å². The van der Waals surface area contributed by atoms with E-state index in [2.05, 4.69) is 36.4 Å². The van der Waals surface area contributed by atoms with Crippen LogP contribution >= 0.6 is 0 Å². The van der Waals surface area contributed by atoms with Crippen molar-refractivity contribution in [1.29, 1.82) is 0 Å². The lowest BCUT2D eigenvalue weighted by Crippen LogP contribution is -1.97. The zero-order valence-electron chi connectivity index (χ0n) is 20.4. The van der Waals surface area contributed by atoms with Crippen molar-refractivity contribution in [3.05, 3.63) is 119 Å². The average Bonchev–Trinajstić information content (AvgIpc) is 3.25. The fourth-order valence-electron chi connectivity index (χ4n) is 4.21. The second kappa shape index (κ2) is 10.7. The van der Waals surface area contributed by atoms with Crippen molar-refractivity contribution < 1.29 is 19.0 Å². The lowest BCUT2D eigenvalue weighted by atomic mass is 9.93. The summed E-state index contributed by atoms with van der Waals surface area (Å²) in [6.45, 7) is 1.55. The zero-order chi connectivity index (χ0) is 24.8. The lowest BCUT2D eigenvalue weighted by Gasteiger charge is -2.15. The Bertz CT molecular complexity index is 1320. The topological polar surface area (TPSA) is 44.8 Å². The third-order valence-electron chi connectivity index (χ3n) is 5.79. The number of ketones is 1. The summed E-state index contributed by atoms with van der Waals surface area (Å²) in [5, 5.41) is 0. The molecule has 0 spiro atoms. The second-order valence-corrected chi connectivity index (χ2v) is 8.08. The minimum Gasteiger partial charge on any atom is -0.493 e. The van der Waals surface area contributed by atoms with Gasteiger partial charge in [0.1, 0.15) is 0 Å². The minimum atomic E-state index is -0.0188. The fraction of sp³-hybridized carbons (Fsp3) is 0.129. The van der Waals surface area contributed by atoms with Crippen molar-refractivity contribution >= 4 is 23.0 Å². The summed E-state index contributed by atoms with van der Waals surface area (Å²) < 4.78 is 16.7. The number of hydrogen-bond donors (Lipinski definition) is 0. The lowest BCUT2D eigenvalue weighted by molar-refractivity contribution is -0.112. The molecule has 0 saturated heterocycles. The van der Waals surface area contributed by atoms with Crippen molar-refractivity contribution in [2.45, 2.75) is 6.92 Å². The van der Waals surface area contributed by atoms with Gasteiger partial charge in [-0.05, 0) is 76.3 Å². The first-order valence-electron chi connectivity index (χ1n) is 11.3. The molecular formula is C31H28O4. The molecule has 0 saturated carbocycles. The van der Waals surface area contributed by atoms with Crippen molar-refractivity contribution in [2.24, 2.45) is 0 Å². The molecule has 3 aromatic carbocycles. The first-order chi connectivity index (χ1) is 17.0. The molecule has 0 atom stereocenters. The van der Waals surface area contributed by atoms with Gasteiger partial charge in [-0.1, -0.05) is 66.7 Å². The number of rotatable bonds is 8. The summed E-state index contributed by atoms with van der Waals surface area (Å²) >= 11 is 0. The van der Waals surface area contributed by atoms with Crippen LogP contribution < -0.4 is 14.2 Å². The summed E-state index contributed by atoms with van der Waals surface area (Å²) in [7, 11) is 4.79. The SMILES string of the molecule is COc1cc(C2=C/C(=C\c3ccccc3)C(c3ccccc3)=C2/C=C\C(C)=O)cc(OC)c1OC. The molecule has 4 nitrogen and oxygen atoms in total. The number of ether oxygens (including phenoxy) is 3. The largest absolute Gasteiger partial charge is 0.493 e. The number of carbonyl (C=O) groups excluding carboxylic acids is 1. The van der Waals surface area contributed by atoms with E-state index in [-0.39, 0.29) is 5.78 Å². The molecule has 0 amide bonds. The van der Waals surface area contributed by atoms with Gasteiger partial charge in [-0.3, -0.25) is 4.79 Å². The first-order valence-corrected chi connectivity index (χ1v) is 11.3. The van der Waals surface area contributed by atoms with Crippen molar-refractivity contribution in [1.82, 2.24) is 0 Å². The highest BCUT2D eigenvalue weighted by Crippen LogP contribution is 2.47. The molecule has 1 aliphatic rings. The van der Waals surface area contributed by atoms with Gasteiger partial charge < -0.3 is 14.2 Å². The predicted molar refractivity (Wildman–Crippen MR) is 142 cm³/mol. The number of carbonyl (C=O) groups is 1. The molecule has 0 aliphatic heterocycles. The van der Waals surface area contributed by atoms with E-state index >= 15 is 0 Å². The Labute approximate surface area is 206 Å². The molecule has 0 bridgehead atoms. The van der Waals surface area contributed by atoms with E-state index in [9.17, 15) is 4.79 Å². The molecule has 0 radical (unpaired) electrons. The summed E-state index contributed by atoms with van der Waals surface area (Å²) in [6.07, 6.45) is 7.81. The molecule has 0 fully saturated rings. The van der Waals surface area contributed by atoms with Crippen LogP contribution in [0.2, 0.25) is 0 Å². The molecule has 0 N–H and O–H groups in total. The molecular weight excluding hydrogens is 436 g/mol. The van der Waals surface area contributed by atoms with Crippen molar-refractivity contribution in [2.75, 3.05) is 21.3 Å². The highest BCUT2D eigenvalue weighted by molar-refractivity contribution is 6.08. The maximum atomic E-state index is 11.9. The molecule has 4 rings (SSSR count). The van der Waals surface area contributed by atoms with E-state index < -0.39 is 0 Å². The number of benzene rings is 3. The van der Waals surface area contributed by atoms with Gasteiger partial charge in [0.15, 0.2) is 17.3 Å². The van der Waals surface area contributed by atoms with E-state index in [4.69, 9.17) is 14.2 Å². The quantitative estimate of drug-likeness (QED) is 0.344. The smallest absolute Gasteiger partial charge is 0.203 e. The van der Waals surface area contributed by atoms with Crippen LogP contribution in [-0.2, 0) is 4.79 Å². The summed E-state index contributed by atoms with van der Waals surface area (Å²) in [5.41, 5.74) is 7.06. The van der Waals surface area contributed by atoms with E-state index in [1.165, 1.54) is 0 Å². The van der Waals surface area contributed by atoms with Gasteiger partial charge in [0.05, 0.1) is 21.3 Å². The highest BCUT2D eigenvalue weighted by Gasteiger charge is 2.25. The molecule has 4 heteroatoms. The maximum Gasteiger partial charge on any atom is 0.203 e. The predicted octanol–water partition coefficient (Wildman–Crippen LogP) is 6.79. The Hall–Kier alpha value is -4.31. The normalized spacial score (nSPS) is 14.4. The molecule has 176 valence electrons. The van der Waals surface area contributed by atoms with E-state index in [1.807, 2.05) is 54.6 Å². The number of methoxy groups -OCH3 is 3. The minimum absolute atomic E-state index is 0.0188. The van der Waals surface area contributed by atoms with Gasteiger partial charge >= 0.3 is 0 Å². The Balaban J connectivity index is 2.01. The van der Waals surface area contributed by atoms with Crippen LogP contribution in [0.1, 0.15) is 23.6 Å². The van der Waals surface area contributed by atoms with Crippen LogP contribution in [0.15, 0.2) is 102 Å². The highest BCUT2D eigenvalue weighted by atomic mass is 16.5. The molecule has 0 heterocycles. The number of allylic oxidation sites excluding steroid dienone is 7. The van der Waals surface area contributed by atoms with Gasteiger partial charge in [0.25, 0.3) is 0 Å². The maximum absolute atomic E-state index is 11.9. The van der Waals surface area contributed by atoms with Gasteiger partial charge in [-0.25, -0.2) is 0 Å². The van der Waals surface area contributed by atoms with Crippen LogP contribution in [0.4, 0.5) is 0 Å². The van der Waals surface area contributed by atoms with Gasteiger partial charge in [0, 0.05) is 0 Å². The van der Waals surface area contributed by atoms with Crippen LogP contribution in [-0.4, -0.2) is 27.1 Å². The van der Waals surface area contributed by atoms with Gasteiger partial charge in [-0.15, -0.1) is 0 Å². The molecule has 1 aliphatic carbocycles. The number of hydrogen-bond acceptors (Lipinski definition) is 4. The Kier molecular flexibility index (Phi) is 7.32. The van der Waals surface area contributed by atoms with E-state index in [0.29, 0.717) is 17.2 Å². The second-order valence-electron chi connectivity index (χ2n) is 8.08. The Morgan fingerprint density at radius 3 is 1.91 bits per heavy atom. The van der Waals surface area contributed by atoms with Crippen molar-refractivity contribution in [3.8, 4) is 17.2 Å². The Morgan fingerprint density at radius 1 is 0.771 bits per heavy atom. The Morgan fingerprint density at radius 2 is 1.37 bits per heavy atom. The summed E-state index contributed by atoms with van der Waals surface area (Å²) in [5.74, 6) is 1.65. The fourth-order valence-corrected chi connectivity index (χ4v) is 4.21. The molecule has 35 heavy (non-hydrogen) atoms.